The van der Waals surface area contributed by atoms with Crippen molar-refractivity contribution in [1.29, 1.82) is 0 Å². The van der Waals surface area contributed by atoms with E-state index >= 15 is 0 Å². The molecule has 0 aliphatic heterocycles. The minimum Gasteiger partial charge on any atom is -0.366 e. The van der Waals surface area contributed by atoms with E-state index in [0.29, 0.717) is 10.6 Å². The van der Waals surface area contributed by atoms with Crippen LogP contribution in [-0.4, -0.2) is 15.9 Å². The molecule has 0 radical (unpaired) electrons. The van der Waals surface area contributed by atoms with Gasteiger partial charge in [0.1, 0.15) is 0 Å². The van der Waals surface area contributed by atoms with Gasteiger partial charge in [0, 0.05) is 5.56 Å². The van der Waals surface area contributed by atoms with Crippen molar-refractivity contribution in [2.75, 3.05) is 0 Å². The van der Waals surface area contributed by atoms with Crippen molar-refractivity contribution >= 4 is 17.5 Å². The molecule has 18 heavy (non-hydrogen) atoms. The molecule has 5 heteroatoms. The fraction of sp³-hybridized carbons (Fsp3) is 0.154. The molecule has 1 aromatic heterocycles. The maximum atomic E-state index is 11.1. The van der Waals surface area contributed by atoms with Crippen LogP contribution >= 0.6 is 11.6 Å². The molecule has 0 unspecified atom stereocenters. The van der Waals surface area contributed by atoms with E-state index in [9.17, 15) is 4.79 Å². The molecule has 0 bridgehead atoms. The molecule has 0 saturated heterocycles. The number of hydrogen-bond donors (Lipinski definition) is 1. The number of carbonyl (C=O) groups is 1. The molecule has 0 aliphatic rings. The zero-order chi connectivity index (χ0) is 13.3. The summed E-state index contributed by atoms with van der Waals surface area (Å²) in [5.41, 5.74) is 8.77. The number of amides is 1. The molecular weight excluding hydrogens is 250 g/mol. The zero-order valence-corrected chi connectivity index (χ0v) is 10.8. The van der Waals surface area contributed by atoms with Gasteiger partial charge in [0.2, 0.25) is 5.91 Å². The molecule has 0 atom stereocenters. The number of rotatable bonds is 2. The van der Waals surface area contributed by atoms with Crippen LogP contribution in [0.3, 0.4) is 0 Å². The van der Waals surface area contributed by atoms with Gasteiger partial charge in [-0.15, -0.1) is 0 Å². The van der Waals surface area contributed by atoms with Crippen LogP contribution < -0.4 is 5.73 Å². The van der Waals surface area contributed by atoms with Gasteiger partial charge in [0.05, 0.1) is 33.9 Å². The summed E-state index contributed by atoms with van der Waals surface area (Å²) in [4.78, 5) is 19.7. The minimum atomic E-state index is -0.544. The first-order chi connectivity index (χ1) is 8.49. The van der Waals surface area contributed by atoms with Gasteiger partial charge in [-0.2, -0.15) is 0 Å². The number of aromatic nitrogens is 2. The molecule has 2 rings (SSSR count). The van der Waals surface area contributed by atoms with E-state index in [1.165, 1.54) is 0 Å². The van der Waals surface area contributed by atoms with Crippen LogP contribution in [0.15, 0.2) is 24.4 Å². The van der Waals surface area contributed by atoms with Crippen molar-refractivity contribution < 1.29 is 4.79 Å². The average molecular weight is 262 g/mol. The van der Waals surface area contributed by atoms with E-state index < -0.39 is 5.91 Å². The fourth-order valence-electron chi connectivity index (χ4n) is 1.56. The third-order valence-corrected chi connectivity index (χ3v) is 3.04. The second kappa shape index (κ2) is 4.74. The van der Waals surface area contributed by atoms with E-state index in [4.69, 9.17) is 17.3 Å². The first kappa shape index (κ1) is 12.5. The normalized spacial score (nSPS) is 10.4. The van der Waals surface area contributed by atoms with E-state index in [1.54, 1.807) is 24.4 Å². The Labute approximate surface area is 110 Å². The molecule has 1 amide bonds. The number of nitrogens with zero attached hydrogens (tertiary/aromatic N) is 2. The van der Waals surface area contributed by atoms with Crippen molar-refractivity contribution in [2.24, 2.45) is 5.73 Å². The topological polar surface area (TPSA) is 68.9 Å². The van der Waals surface area contributed by atoms with Crippen LogP contribution in [0.5, 0.6) is 0 Å². The number of benzene rings is 1. The van der Waals surface area contributed by atoms with Crippen molar-refractivity contribution in [2.45, 2.75) is 13.8 Å². The molecule has 92 valence electrons. The number of primary amides is 1. The van der Waals surface area contributed by atoms with Crippen molar-refractivity contribution in [1.82, 2.24) is 9.97 Å². The summed E-state index contributed by atoms with van der Waals surface area (Å²) in [6.45, 7) is 3.79. The van der Waals surface area contributed by atoms with Crippen molar-refractivity contribution in [3.05, 3.63) is 46.4 Å². The monoisotopic (exact) mass is 261 g/mol. The van der Waals surface area contributed by atoms with Crippen LogP contribution in [0, 0.1) is 13.8 Å². The van der Waals surface area contributed by atoms with E-state index in [2.05, 4.69) is 9.97 Å². The molecule has 4 nitrogen and oxygen atoms in total. The van der Waals surface area contributed by atoms with Crippen LogP contribution in [0.1, 0.15) is 21.7 Å². The molecule has 1 heterocycles. The first-order valence-corrected chi connectivity index (χ1v) is 5.77. The van der Waals surface area contributed by atoms with E-state index in [0.717, 1.165) is 22.6 Å². The number of hydrogen-bond acceptors (Lipinski definition) is 3. The van der Waals surface area contributed by atoms with Gasteiger partial charge >= 0.3 is 0 Å². The highest BCUT2D eigenvalue weighted by molar-refractivity contribution is 6.34. The number of carbonyl (C=O) groups excluding carboxylic acids is 1. The van der Waals surface area contributed by atoms with Crippen molar-refractivity contribution in [3.63, 3.8) is 0 Å². The van der Waals surface area contributed by atoms with Gasteiger partial charge in [-0.3, -0.25) is 9.78 Å². The Balaban J connectivity index is 2.48. The maximum Gasteiger partial charge on any atom is 0.250 e. The maximum absolute atomic E-state index is 11.1. The molecule has 0 fully saturated rings. The predicted molar refractivity (Wildman–Crippen MR) is 70.5 cm³/mol. The second-order valence-electron chi connectivity index (χ2n) is 3.98. The lowest BCUT2D eigenvalue weighted by Gasteiger charge is -2.06. The van der Waals surface area contributed by atoms with Gasteiger partial charge in [-0.1, -0.05) is 17.7 Å². The summed E-state index contributed by atoms with van der Waals surface area (Å²) in [5.74, 6) is -0.544. The standard InChI is InChI=1S/C13H12ClN3O/c1-7-8(2)17-12(6-16-7)9-3-4-10(13(15)18)11(14)5-9/h3-6H,1-2H3,(H2,15,18). The quantitative estimate of drug-likeness (QED) is 0.903. The summed E-state index contributed by atoms with van der Waals surface area (Å²) in [5, 5.41) is 0.319. The summed E-state index contributed by atoms with van der Waals surface area (Å²) < 4.78 is 0. The van der Waals surface area contributed by atoms with Crippen LogP contribution in [0.4, 0.5) is 0 Å². The second-order valence-corrected chi connectivity index (χ2v) is 4.39. The Morgan fingerprint density at radius 3 is 2.56 bits per heavy atom. The fourth-order valence-corrected chi connectivity index (χ4v) is 1.83. The van der Waals surface area contributed by atoms with Crippen LogP contribution in [0.25, 0.3) is 11.3 Å². The summed E-state index contributed by atoms with van der Waals surface area (Å²) in [7, 11) is 0. The van der Waals surface area contributed by atoms with Crippen LogP contribution in [-0.2, 0) is 0 Å². The van der Waals surface area contributed by atoms with Gasteiger partial charge in [0.15, 0.2) is 0 Å². The number of nitrogens with two attached hydrogens (primary N) is 1. The smallest absolute Gasteiger partial charge is 0.250 e. The lowest BCUT2D eigenvalue weighted by atomic mass is 10.1. The highest BCUT2D eigenvalue weighted by Gasteiger charge is 2.09. The third kappa shape index (κ3) is 2.33. The molecule has 0 saturated carbocycles. The molecule has 0 spiro atoms. The number of halogens is 1. The molecule has 0 aliphatic carbocycles. The Morgan fingerprint density at radius 1 is 1.28 bits per heavy atom. The third-order valence-electron chi connectivity index (χ3n) is 2.72. The van der Waals surface area contributed by atoms with Crippen molar-refractivity contribution in [3.8, 4) is 11.3 Å². The van der Waals surface area contributed by atoms with Crippen LogP contribution in [0.2, 0.25) is 5.02 Å². The van der Waals surface area contributed by atoms with E-state index in [1.807, 2.05) is 13.8 Å². The largest absolute Gasteiger partial charge is 0.366 e. The lowest BCUT2D eigenvalue weighted by Crippen LogP contribution is -2.11. The summed E-state index contributed by atoms with van der Waals surface area (Å²) >= 11 is 6.00. The highest BCUT2D eigenvalue weighted by Crippen LogP contribution is 2.24. The molecule has 1 aromatic carbocycles. The predicted octanol–water partition coefficient (Wildman–Crippen LogP) is 2.51. The Kier molecular flexibility index (Phi) is 3.30. The molecule has 2 N–H and O–H groups in total. The van der Waals surface area contributed by atoms with Gasteiger partial charge in [-0.05, 0) is 26.0 Å². The highest BCUT2D eigenvalue weighted by atomic mass is 35.5. The molecule has 2 aromatic rings. The van der Waals surface area contributed by atoms with Gasteiger partial charge in [-0.25, -0.2) is 4.98 Å². The first-order valence-electron chi connectivity index (χ1n) is 5.39. The van der Waals surface area contributed by atoms with Gasteiger partial charge < -0.3 is 5.73 Å². The Morgan fingerprint density at radius 2 is 2.00 bits per heavy atom. The molecular formula is C13H12ClN3O. The Bertz CT molecular complexity index is 626. The minimum absolute atomic E-state index is 0.303. The average Bonchev–Trinajstić information content (AvgIpc) is 2.32. The Hall–Kier alpha value is -1.94. The number of aryl methyl sites for hydroxylation is 2. The van der Waals surface area contributed by atoms with E-state index in [-0.39, 0.29) is 0 Å². The zero-order valence-electron chi connectivity index (χ0n) is 10.1. The summed E-state index contributed by atoms with van der Waals surface area (Å²) in [6, 6.07) is 5.02. The SMILES string of the molecule is Cc1ncc(-c2ccc(C(N)=O)c(Cl)c2)nc1C. The summed E-state index contributed by atoms with van der Waals surface area (Å²) in [6.07, 6.45) is 1.68. The lowest BCUT2D eigenvalue weighted by molar-refractivity contribution is 0.100. The van der Waals surface area contributed by atoms with Gasteiger partial charge in [0.25, 0.3) is 0 Å².